The summed E-state index contributed by atoms with van der Waals surface area (Å²) >= 11 is 1.58. The van der Waals surface area contributed by atoms with Gasteiger partial charge in [0.15, 0.2) is 5.69 Å². The lowest BCUT2D eigenvalue weighted by Gasteiger charge is -2.45. The van der Waals surface area contributed by atoms with Gasteiger partial charge >= 0.3 is 0 Å². The Morgan fingerprint density at radius 3 is 2.69 bits per heavy atom. The molecule has 0 bridgehead atoms. The molecule has 10 heteroatoms. The second-order valence-electron chi connectivity index (χ2n) is 7.25. The van der Waals surface area contributed by atoms with Gasteiger partial charge in [-0.05, 0) is 29.6 Å². The van der Waals surface area contributed by atoms with Gasteiger partial charge < -0.3 is 10.2 Å². The van der Waals surface area contributed by atoms with Crippen molar-refractivity contribution in [2.45, 2.75) is 23.4 Å². The Morgan fingerprint density at radius 1 is 1.14 bits per heavy atom. The number of anilines is 1. The van der Waals surface area contributed by atoms with Crippen LogP contribution in [0, 0.1) is 0 Å². The van der Waals surface area contributed by atoms with Crippen LogP contribution in [0.15, 0.2) is 52.7 Å². The molecule has 1 spiro atoms. The summed E-state index contributed by atoms with van der Waals surface area (Å²) in [5.41, 5.74) is 0.999. The summed E-state index contributed by atoms with van der Waals surface area (Å²) in [6, 6.07) is 12.5. The molecule has 2 aliphatic heterocycles. The molecule has 1 amide bonds. The van der Waals surface area contributed by atoms with Crippen LogP contribution in [0.3, 0.4) is 0 Å². The molecule has 150 valence electrons. The summed E-state index contributed by atoms with van der Waals surface area (Å²) in [4.78, 5) is 15.9. The minimum atomic E-state index is -3.59. The van der Waals surface area contributed by atoms with Crippen molar-refractivity contribution in [2.24, 2.45) is 0 Å². The fraction of sp³-hybridized carbons (Fsp3) is 0.263. The highest BCUT2D eigenvalue weighted by Gasteiger charge is 2.43. The van der Waals surface area contributed by atoms with Crippen LogP contribution in [-0.4, -0.2) is 48.2 Å². The zero-order valence-electron chi connectivity index (χ0n) is 15.4. The minimum Gasteiger partial charge on any atom is -0.365 e. The van der Waals surface area contributed by atoms with Crippen molar-refractivity contribution in [3.8, 4) is 10.6 Å². The largest absolute Gasteiger partial charge is 0.365 e. The second-order valence-corrected chi connectivity index (χ2v) is 9.84. The van der Waals surface area contributed by atoms with E-state index < -0.39 is 15.7 Å². The zero-order chi connectivity index (χ0) is 20.1. The molecular weight excluding hydrogens is 410 g/mol. The zero-order valence-corrected chi connectivity index (χ0v) is 17.0. The quantitative estimate of drug-likeness (QED) is 0.580. The van der Waals surface area contributed by atoms with E-state index >= 15 is 0 Å². The van der Waals surface area contributed by atoms with E-state index in [1.165, 1.54) is 0 Å². The molecule has 0 radical (unpaired) electrons. The maximum atomic E-state index is 12.9. The van der Waals surface area contributed by atoms with Gasteiger partial charge in [-0.3, -0.25) is 9.89 Å². The van der Waals surface area contributed by atoms with E-state index in [1.807, 2.05) is 23.6 Å². The van der Waals surface area contributed by atoms with Crippen molar-refractivity contribution in [3.63, 3.8) is 0 Å². The van der Waals surface area contributed by atoms with Crippen molar-refractivity contribution >= 4 is 33.0 Å². The normalized spacial score (nSPS) is 19.5. The summed E-state index contributed by atoms with van der Waals surface area (Å²) in [5.74, 6) is -0.155. The molecule has 2 aliphatic rings. The van der Waals surface area contributed by atoms with Crippen molar-refractivity contribution in [3.05, 3.63) is 53.5 Å². The number of benzene rings is 1. The number of carbonyl (C=O) groups is 1. The first-order valence-electron chi connectivity index (χ1n) is 9.26. The molecule has 1 aromatic carbocycles. The Balaban J connectivity index is 1.31. The Morgan fingerprint density at radius 2 is 1.93 bits per heavy atom. The molecular formula is C19H19N5O3S2. The number of sulfonamides is 1. The Labute approximate surface area is 172 Å². The summed E-state index contributed by atoms with van der Waals surface area (Å²) < 4.78 is 28.1. The number of hydrogen-bond donors (Lipinski definition) is 3. The van der Waals surface area contributed by atoms with Gasteiger partial charge in [0.25, 0.3) is 5.91 Å². The average molecular weight is 430 g/mol. The van der Waals surface area contributed by atoms with E-state index in [1.54, 1.807) is 40.5 Å². The molecule has 29 heavy (non-hydrogen) atoms. The Bertz CT molecular complexity index is 1160. The standard InChI is InChI=1S/C19H19N5O3S2/c25-18(15-12-14(21-22-15)16-5-3-11-28-16)24-9-7-19(8-10-24)20-13-4-1-2-6-17(13)29(26,27)23-19/h1-6,11-12,20,23H,7-10H2,(H,21,22). The SMILES string of the molecule is O=C(c1cc(-c2cccs2)[nH]n1)N1CCC2(CC1)Nc1ccccc1S(=O)(=O)N2. The van der Waals surface area contributed by atoms with E-state index in [2.05, 4.69) is 20.2 Å². The monoisotopic (exact) mass is 429 g/mol. The van der Waals surface area contributed by atoms with Crippen LogP contribution in [0.25, 0.3) is 10.6 Å². The number of carbonyl (C=O) groups excluding carboxylic acids is 1. The average Bonchev–Trinajstić information content (AvgIpc) is 3.39. The fourth-order valence-corrected chi connectivity index (χ4v) is 6.11. The van der Waals surface area contributed by atoms with Gasteiger partial charge in [-0.1, -0.05) is 18.2 Å². The second kappa shape index (κ2) is 6.68. The summed E-state index contributed by atoms with van der Waals surface area (Å²) in [5, 5.41) is 12.4. The van der Waals surface area contributed by atoms with Crippen LogP contribution in [0.2, 0.25) is 0 Å². The molecule has 1 fully saturated rings. The number of H-pyrrole nitrogens is 1. The maximum absolute atomic E-state index is 12.9. The third-order valence-electron chi connectivity index (χ3n) is 5.37. The van der Waals surface area contributed by atoms with Crippen LogP contribution >= 0.6 is 11.3 Å². The van der Waals surface area contributed by atoms with Crippen LogP contribution in [-0.2, 0) is 10.0 Å². The predicted molar refractivity (Wildman–Crippen MR) is 110 cm³/mol. The molecule has 0 unspecified atom stereocenters. The molecule has 3 N–H and O–H groups in total. The summed E-state index contributed by atoms with van der Waals surface area (Å²) in [6.45, 7) is 0.857. The summed E-state index contributed by atoms with van der Waals surface area (Å²) in [7, 11) is -3.59. The fourth-order valence-electron chi connectivity index (χ4n) is 3.87. The number of amides is 1. The van der Waals surface area contributed by atoms with Gasteiger partial charge in [0.1, 0.15) is 10.6 Å². The first kappa shape index (κ1) is 18.3. The van der Waals surface area contributed by atoms with E-state index in [-0.39, 0.29) is 10.8 Å². The number of para-hydroxylation sites is 1. The van der Waals surface area contributed by atoms with Gasteiger partial charge in [0.05, 0.1) is 16.3 Å². The number of aromatic nitrogens is 2. The highest BCUT2D eigenvalue weighted by Crippen LogP contribution is 2.35. The topological polar surface area (TPSA) is 107 Å². The number of nitrogens with zero attached hydrogens (tertiary/aromatic N) is 2. The Kier molecular flexibility index (Phi) is 4.23. The number of nitrogens with one attached hydrogen (secondary N) is 3. The van der Waals surface area contributed by atoms with Crippen LogP contribution in [0.5, 0.6) is 0 Å². The molecule has 0 saturated carbocycles. The van der Waals surface area contributed by atoms with Gasteiger partial charge in [0.2, 0.25) is 10.0 Å². The Hall–Kier alpha value is -2.69. The smallest absolute Gasteiger partial charge is 0.274 e. The number of aromatic amines is 1. The third kappa shape index (κ3) is 3.22. The van der Waals surface area contributed by atoms with Gasteiger partial charge in [0, 0.05) is 25.9 Å². The lowest BCUT2D eigenvalue weighted by molar-refractivity contribution is 0.0670. The first-order chi connectivity index (χ1) is 14.0. The van der Waals surface area contributed by atoms with Gasteiger partial charge in [-0.2, -0.15) is 9.82 Å². The minimum absolute atomic E-state index is 0.155. The molecule has 8 nitrogen and oxygen atoms in total. The van der Waals surface area contributed by atoms with E-state index in [0.29, 0.717) is 37.3 Å². The molecule has 2 aromatic heterocycles. The van der Waals surface area contributed by atoms with Crippen LogP contribution < -0.4 is 10.0 Å². The lowest BCUT2D eigenvalue weighted by Crippen LogP contribution is -2.62. The number of piperidine rings is 1. The molecule has 0 aliphatic carbocycles. The van der Waals surface area contributed by atoms with Crippen LogP contribution in [0.4, 0.5) is 5.69 Å². The van der Waals surface area contributed by atoms with Gasteiger partial charge in [-0.15, -0.1) is 11.3 Å². The first-order valence-corrected chi connectivity index (χ1v) is 11.6. The molecule has 1 saturated heterocycles. The number of fused-ring (bicyclic) bond motifs is 1. The van der Waals surface area contributed by atoms with Crippen molar-refractivity contribution in [1.29, 1.82) is 0 Å². The van der Waals surface area contributed by atoms with E-state index in [4.69, 9.17) is 0 Å². The highest BCUT2D eigenvalue weighted by atomic mass is 32.2. The van der Waals surface area contributed by atoms with Crippen molar-refractivity contribution in [1.82, 2.24) is 19.8 Å². The maximum Gasteiger partial charge on any atom is 0.274 e. The molecule has 4 heterocycles. The predicted octanol–water partition coefficient (Wildman–Crippen LogP) is 2.47. The van der Waals surface area contributed by atoms with Crippen molar-refractivity contribution in [2.75, 3.05) is 18.4 Å². The highest BCUT2D eigenvalue weighted by molar-refractivity contribution is 7.89. The number of hydrogen-bond acceptors (Lipinski definition) is 6. The van der Waals surface area contributed by atoms with E-state index in [0.717, 1.165) is 10.6 Å². The summed E-state index contributed by atoms with van der Waals surface area (Å²) in [6.07, 6.45) is 0.934. The third-order valence-corrected chi connectivity index (χ3v) is 7.87. The lowest BCUT2D eigenvalue weighted by atomic mass is 9.96. The molecule has 0 atom stereocenters. The number of rotatable bonds is 2. The molecule has 3 aromatic rings. The van der Waals surface area contributed by atoms with Crippen molar-refractivity contribution < 1.29 is 13.2 Å². The van der Waals surface area contributed by atoms with E-state index in [9.17, 15) is 13.2 Å². The van der Waals surface area contributed by atoms with Crippen LogP contribution in [0.1, 0.15) is 23.3 Å². The number of likely N-dealkylation sites (tertiary alicyclic amines) is 1. The molecule has 5 rings (SSSR count). The number of thiophene rings is 1. The van der Waals surface area contributed by atoms with Gasteiger partial charge in [-0.25, -0.2) is 8.42 Å².